The molecule has 57 heavy (non-hydrogen) atoms. The largest absolute Gasteiger partial charge is 0.228 e. The molecule has 1 aromatic heterocycles. The highest BCUT2D eigenvalue weighted by Crippen LogP contribution is 2.52. The van der Waals surface area contributed by atoms with Crippen molar-refractivity contribution < 1.29 is 0 Å². The molecule has 0 unspecified atom stereocenters. The van der Waals surface area contributed by atoms with Gasteiger partial charge in [0, 0.05) is 22.1 Å². The highest BCUT2D eigenvalue weighted by atomic mass is 14.9. The van der Waals surface area contributed by atoms with Crippen LogP contribution in [-0.2, 0) is 5.41 Å². The number of hydrogen-bond donors (Lipinski definition) is 0. The lowest BCUT2D eigenvalue weighted by atomic mass is 9.82. The SMILES string of the molecule is CC1(C)c2ccccc2-c2c(-c3ccc(-c4cccc(-c5nc(-c6ccc(-c7ccccc7)cc6)cc(-c6cccc(-c7ccccc7)c6)n5)c4)cc3)cccc21. The summed E-state index contributed by atoms with van der Waals surface area (Å²) in [4.78, 5) is 10.5. The van der Waals surface area contributed by atoms with Crippen molar-refractivity contribution in [3.05, 3.63) is 217 Å². The maximum absolute atomic E-state index is 5.24. The first kappa shape index (κ1) is 34.3. The average Bonchev–Trinajstić information content (AvgIpc) is 3.53. The van der Waals surface area contributed by atoms with Crippen LogP contribution in [0.25, 0.3) is 89.5 Å². The quantitative estimate of drug-likeness (QED) is 0.163. The Morgan fingerprint density at radius 1 is 0.298 bits per heavy atom. The lowest BCUT2D eigenvalue weighted by Gasteiger charge is -2.21. The topological polar surface area (TPSA) is 25.8 Å². The van der Waals surface area contributed by atoms with Gasteiger partial charge >= 0.3 is 0 Å². The van der Waals surface area contributed by atoms with Crippen LogP contribution in [0.1, 0.15) is 25.0 Å². The molecule has 0 amide bonds. The molecule has 0 saturated heterocycles. The molecule has 1 aliphatic rings. The highest BCUT2D eigenvalue weighted by Gasteiger charge is 2.36. The monoisotopic (exact) mass is 728 g/mol. The first-order valence-corrected chi connectivity index (χ1v) is 19.6. The molecular formula is C55H40N2. The molecule has 0 bridgehead atoms. The minimum absolute atomic E-state index is 0.0299. The number of aromatic nitrogens is 2. The van der Waals surface area contributed by atoms with E-state index in [1.165, 1.54) is 50.1 Å². The number of nitrogens with zero attached hydrogens (tertiary/aromatic N) is 2. The van der Waals surface area contributed by atoms with Crippen molar-refractivity contribution in [2.75, 3.05) is 0 Å². The van der Waals surface area contributed by atoms with E-state index < -0.39 is 0 Å². The van der Waals surface area contributed by atoms with Crippen molar-refractivity contribution in [3.63, 3.8) is 0 Å². The van der Waals surface area contributed by atoms with Crippen molar-refractivity contribution in [2.45, 2.75) is 19.3 Å². The Hall–Kier alpha value is -7.16. The average molecular weight is 729 g/mol. The lowest BCUT2D eigenvalue weighted by molar-refractivity contribution is 0.660. The minimum Gasteiger partial charge on any atom is -0.228 e. The van der Waals surface area contributed by atoms with E-state index in [1.54, 1.807) is 0 Å². The van der Waals surface area contributed by atoms with Crippen LogP contribution in [0.15, 0.2) is 206 Å². The Balaban J connectivity index is 1.03. The molecule has 0 fully saturated rings. The van der Waals surface area contributed by atoms with E-state index >= 15 is 0 Å². The fourth-order valence-electron chi connectivity index (χ4n) is 8.50. The second-order valence-corrected chi connectivity index (χ2v) is 15.4. The predicted octanol–water partition coefficient (Wildman–Crippen LogP) is 14.5. The van der Waals surface area contributed by atoms with Gasteiger partial charge in [0.2, 0.25) is 0 Å². The summed E-state index contributed by atoms with van der Waals surface area (Å²) in [5.41, 5.74) is 19.7. The van der Waals surface area contributed by atoms with Crippen LogP contribution < -0.4 is 0 Å². The van der Waals surface area contributed by atoms with E-state index in [0.29, 0.717) is 5.82 Å². The van der Waals surface area contributed by atoms with Crippen LogP contribution >= 0.6 is 0 Å². The minimum atomic E-state index is -0.0299. The van der Waals surface area contributed by atoms with E-state index in [-0.39, 0.29) is 5.41 Å². The van der Waals surface area contributed by atoms with Crippen LogP contribution in [0.2, 0.25) is 0 Å². The van der Waals surface area contributed by atoms with Gasteiger partial charge in [0.05, 0.1) is 11.4 Å². The molecule has 0 spiro atoms. The van der Waals surface area contributed by atoms with Gasteiger partial charge in [0.1, 0.15) is 0 Å². The summed E-state index contributed by atoms with van der Waals surface area (Å²) < 4.78 is 0. The van der Waals surface area contributed by atoms with Crippen LogP contribution in [0.3, 0.4) is 0 Å². The molecule has 0 radical (unpaired) electrons. The van der Waals surface area contributed by atoms with Gasteiger partial charge in [-0.05, 0) is 85.0 Å². The van der Waals surface area contributed by atoms with Gasteiger partial charge in [0.25, 0.3) is 0 Å². The smallest absolute Gasteiger partial charge is 0.160 e. The van der Waals surface area contributed by atoms with Crippen molar-refractivity contribution in [2.24, 2.45) is 0 Å². The number of hydrogen-bond acceptors (Lipinski definition) is 2. The standard InChI is InChI=1S/C55H40N2/c1-55(2)49-24-10-9-22-48(49)53-47(23-13-25-50(53)55)41-30-26-40(27-31-41)44-19-12-21-46(35-44)54-56-51(42-32-28-39(29-33-42)37-14-5-3-6-15-37)36-52(57-54)45-20-11-18-43(34-45)38-16-7-4-8-17-38/h3-36H,1-2H3. The highest BCUT2D eigenvalue weighted by molar-refractivity contribution is 5.93. The number of benzene rings is 8. The Bertz CT molecular complexity index is 2890. The van der Waals surface area contributed by atoms with E-state index in [9.17, 15) is 0 Å². The fraction of sp³-hybridized carbons (Fsp3) is 0.0545. The maximum Gasteiger partial charge on any atom is 0.160 e. The fourth-order valence-corrected chi connectivity index (χ4v) is 8.50. The first-order valence-electron chi connectivity index (χ1n) is 19.6. The Kier molecular flexibility index (Phi) is 8.53. The molecule has 0 N–H and O–H groups in total. The van der Waals surface area contributed by atoms with Gasteiger partial charge in [-0.25, -0.2) is 9.97 Å². The molecule has 0 atom stereocenters. The molecule has 270 valence electrons. The summed E-state index contributed by atoms with van der Waals surface area (Å²) in [5.74, 6) is 0.694. The van der Waals surface area contributed by atoms with Gasteiger partial charge in [-0.1, -0.05) is 202 Å². The van der Waals surface area contributed by atoms with Crippen molar-refractivity contribution in [1.29, 1.82) is 0 Å². The molecule has 2 nitrogen and oxygen atoms in total. The summed E-state index contributed by atoms with van der Waals surface area (Å²) in [6.07, 6.45) is 0. The number of fused-ring (bicyclic) bond motifs is 3. The zero-order valence-corrected chi connectivity index (χ0v) is 32.0. The van der Waals surface area contributed by atoms with E-state index in [2.05, 4.69) is 214 Å². The van der Waals surface area contributed by atoms with Crippen molar-refractivity contribution in [3.8, 4) is 89.5 Å². The molecule has 2 heteroatoms. The Labute approximate surface area is 334 Å². The molecule has 1 aliphatic carbocycles. The van der Waals surface area contributed by atoms with Gasteiger partial charge < -0.3 is 0 Å². The third-order valence-electron chi connectivity index (χ3n) is 11.5. The molecule has 0 saturated carbocycles. The predicted molar refractivity (Wildman–Crippen MR) is 238 cm³/mol. The maximum atomic E-state index is 5.24. The van der Waals surface area contributed by atoms with Crippen LogP contribution in [0.5, 0.6) is 0 Å². The third kappa shape index (κ3) is 6.36. The second kappa shape index (κ2) is 14.2. The summed E-state index contributed by atoms with van der Waals surface area (Å²) >= 11 is 0. The van der Waals surface area contributed by atoms with Gasteiger partial charge in [-0.2, -0.15) is 0 Å². The Morgan fingerprint density at radius 2 is 0.719 bits per heavy atom. The molecule has 1 heterocycles. The summed E-state index contributed by atoms with van der Waals surface area (Å²) in [6, 6.07) is 73.7. The van der Waals surface area contributed by atoms with Gasteiger partial charge in [-0.15, -0.1) is 0 Å². The zero-order valence-electron chi connectivity index (χ0n) is 32.0. The molecular weight excluding hydrogens is 689 g/mol. The van der Waals surface area contributed by atoms with Crippen LogP contribution in [-0.4, -0.2) is 9.97 Å². The van der Waals surface area contributed by atoms with Crippen LogP contribution in [0.4, 0.5) is 0 Å². The van der Waals surface area contributed by atoms with Gasteiger partial charge in [0.15, 0.2) is 5.82 Å². The van der Waals surface area contributed by atoms with Crippen LogP contribution in [0, 0.1) is 0 Å². The first-order chi connectivity index (χ1) is 28.0. The zero-order chi connectivity index (χ0) is 38.3. The molecule has 8 aromatic carbocycles. The van der Waals surface area contributed by atoms with E-state index in [4.69, 9.17) is 9.97 Å². The molecule has 10 rings (SSSR count). The normalized spacial score (nSPS) is 12.5. The van der Waals surface area contributed by atoms with Crippen molar-refractivity contribution in [1.82, 2.24) is 9.97 Å². The van der Waals surface area contributed by atoms with Gasteiger partial charge in [-0.3, -0.25) is 0 Å². The Morgan fingerprint density at radius 3 is 1.40 bits per heavy atom. The number of rotatable bonds is 7. The molecule has 0 aliphatic heterocycles. The lowest BCUT2D eigenvalue weighted by Crippen LogP contribution is -2.14. The second-order valence-electron chi connectivity index (χ2n) is 15.4. The third-order valence-corrected chi connectivity index (χ3v) is 11.5. The van der Waals surface area contributed by atoms with E-state index in [1.807, 2.05) is 6.07 Å². The summed E-state index contributed by atoms with van der Waals surface area (Å²) in [7, 11) is 0. The summed E-state index contributed by atoms with van der Waals surface area (Å²) in [6.45, 7) is 4.67. The van der Waals surface area contributed by atoms with E-state index in [0.717, 1.165) is 44.8 Å². The van der Waals surface area contributed by atoms with Crippen molar-refractivity contribution >= 4 is 0 Å². The molecule has 9 aromatic rings. The summed E-state index contributed by atoms with van der Waals surface area (Å²) in [5, 5.41) is 0.